The highest BCUT2D eigenvalue weighted by molar-refractivity contribution is 5.89. The van der Waals surface area contributed by atoms with E-state index in [4.69, 9.17) is 10.5 Å². The number of amides is 1. The van der Waals surface area contributed by atoms with Crippen molar-refractivity contribution in [2.45, 2.75) is 51.8 Å². The molecule has 1 aromatic rings. The number of fused-ring (bicyclic) bond motifs is 1. The minimum Gasteiger partial charge on any atom is -0.377 e. The first-order valence-corrected chi connectivity index (χ1v) is 8.11. The molecule has 0 aromatic heterocycles. The molecule has 3 rings (SSSR count). The van der Waals surface area contributed by atoms with Crippen LogP contribution in [0.1, 0.15) is 37.8 Å². The molecule has 0 bridgehead atoms. The standard InChI is InChI=1S/C18H26N2O2.ClH/c1-12-6-4-7-13(10-12)11-20-16(21)18(19)14-8-5-9-22-15(14)17(18,2)3;/h4,6-7,10,14-15H,5,8-9,11,19H2,1-3H3,(H,20,21);1H. The molecule has 4 nitrogen and oxygen atoms in total. The Hall–Kier alpha value is -1.10. The molecule has 1 aromatic carbocycles. The Balaban J connectivity index is 0.00000192. The molecule has 2 fully saturated rings. The Bertz CT molecular complexity index is 590. The fourth-order valence-electron chi connectivity index (χ4n) is 4.19. The Morgan fingerprint density at radius 1 is 1.43 bits per heavy atom. The molecule has 1 saturated carbocycles. The molecule has 1 saturated heterocycles. The van der Waals surface area contributed by atoms with E-state index in [0.29, 0.717) is 6.54 Å². The maximum atomic E-state index is 12.8. The number of nitrogens with two attached hydrogens (primary N) is 1. The van der Waals surface area contributed by atoms with Crippen LogP contribution in [0.3, 0.4) is 0 Å². The highest BCUT2D eigenvalue weighted by Crippen LogP contribution is 2.57. The Morgan fingerprint density at radius 2 is 2.17 bits per heavy atom. The van der Waals surface area contributed by atoms with E-state index < -0.39 is 5.54 Å². The summed E-state index contributed by atoms with van der Waals surface area (Å²) in [7, 11) is 0. The van der Waals surface area contributed by atoms with Gasteiger partial charge in [0.25, 0.3) is 0 Å². The fourth-order valence-corrected chi connectivity index (χ4v) is 4.19. The summed E-state index contributed by atoms with van der Waals surface area (Å²) in [6.07, 6.45) is 2.07. The molecule has 1 heterocycles. The maximum absolute atomic E-state index is 12.8. The predicted molar refractivity (Wildman–Crippen MR) is 93.4 cm³/mol. The second-order valence-corrected chi connectivity index (χ2v) is 7.30. The number of carbonyl (C=O) groups excluding carboxylic acids is 1. The van der Waals surface area contributed by atoms with Gasteiger partial charge in [-0.1, -0.05) is 43.7 Å². The molecule has 0 radical (unpaired) electrons. The lowest BCUT2D eigenvalue weighted by atomic mass is 9.46. The average molecular weight is 339 g/mol. The quantitative estimate of drug-likeness (QED) is 0.890. The molecule has 2 aliphatic rings. The van der Waals surface area contributed by atoms with E-state index in [2.05, 4.69) is 24.4 Å². The second-order valence-electron chi connectivity index (χ2n) is 7.30. The van der Waals surface area contributed by atoms with Crippen molar-refractivity contribution in [2.24, 2.45) is 17.1 Å². The van der Waals surface area contributed by atoms with Gasteiger partial charge in [-0.05, 0) is 25.3 Å². The fraction of sp³-hybridized carbons (Fsp3) is 0.611. The number of halogens is 1. The molecule has 3 N–H and O–H groups in total. The molecular formula is C18H27ClN2O2. The van der Waals surface area contributed by atoms with Crippen molar-refractivity contribution in [2.75, 3.05) is 6.61 Å². The summed E-state index contributed by atoms with van der Waals surface area (Å²) in [6.45, 7) is 7.45. The number of rotatable bonds is 3. The SMILES string of the molecule is Cc1cccc(CNC(=O)C2(N)C3CCCOC3C2(C)C)c1.Cl. The predicted octanol–water partition coefficient (Wildman–Crippen LogP) is 2.57. The van der Waals surface area contributed by atoms with Gasteiger partial charge in [-0.25, -0.2) is 0 Å². The average Bonchev–Trinajstić information content (AvgIpc) is 2.51. The van der Waals surface area contributed by atoms with Gasteiger partial charge in [0.2, 0.25) is 5.91 Å². The van der Waals surface area contributed by atoms with E-state index in [1.807, 2.05) is 26.0 Å². The summed E-state index contributed by atoms with van der Waals surface area (Å²) in [6, 6.07) is 8.17. The van der Waals surface area contributed by atoms with Gasteiger partial charge in [0.15, 0.2) is 0 Å². The van der Waals surface area contributed by atoms with E-state index >= 15 is 0 Å². The van der Waals surface area contributed by atoms with Crippen LogP contribution in [0.4, 0.5) is 0 Å². The zero-order valence-electron chi connectivity index (χ0n) is 14.1. The number of aryl methyl sites for hydroxylation is 1. The highest BCUT2D eigenvalue weighted by atomic mass is 35.5. The zero-order chi connectivity index (χ0) is 16.0. The molecular weight excluding hydrogens is 312 g/mol. The van der Waals surface area contributed by atoms with Crippen molar-refractivity contribution >= 4 is 18.3 Å². The van der Waals surface area contributed by atoms with Crippen LogP contribution in [0.2, 0.25) is 0 Å². The summed E-state index contributed by atoms with van der Waals surface area (Å²) >= 11 is 0. The van der Waals surface area contributed by atoms with E-state index in [-0.39, 0.29) is 35.8 Å². The van der Waals surface area contributed by atoms with E-state index in [9.17, 15) is 4.79 Å². The number of benzene rings is 1. The minimum absolute atomic E-state index is 0. The van der Waals surface area contributed by atoms with Crippen molar-refractivity contribution in [1.29, 1.82) is 0 Å². The van der Waals surface area contributed by atoms with Crippen molar-refractivity contribution in [3.8, 4) is 0 Å². The lowest BCUT2D eigenvalue weighted by Crippen LogP contribution is -2.82. The first-order chi connectivity index (χ1) is 10.4. The third-order valence-electron chi connectivity index (χ3n) is 5.60. The van der Waals surface area contributed by atoms with Crippen molar-refractivity contribution in [3.05, 3.63) is 35.4 Å². The minimum atomic E-state index is -0.831. The number of nitrogens with one attached hydrogen (secondary N) is 1. The summed E-state index contributed by atoms with van der Waals surface area (Å²) in [5.41, 5.74) is 7.72. The molecule has 1 aliphatic heterocycles. The summed E-state index contributed by atoms with van der Waals surface area (Å²) in [4.78, 5) is 12.8. The van der Waals surface area contributed by atoms with Crippen LogP contribution in [0.15, 0.2) is 24.3 Å². The van der Waals surface area contributed by atoms with Crippen molar-refractivity contribution < 1.29 is 9.53 Å². The van der Waals surface area contributed by atoms with E-state index in [1.165, 1.54) is 5.56 Å². The number of hydrogen-bond donors (Lipinski definition) is 2. The molecule has 1 amide bonds. The Morgan fingerprint density at radius 3 is 2.87 bits per heavy atom. The number of hydrogen-bond acceptors (Lipinski definition) is 3. The largest absolute Gasteiger partial charge is 0.377 e. The van der Waals surface area contributed by atoms with Crippen LogP contribution in [0.25, 0.3) is 0 Å². The Labute approximate surface area is 144 Å². The van der Waals surface area contributed by atoms with Gasteiger partial charge < -0.3 is 15.8 Å². The highest BCUT2D eigenvalue weighted by Gasteiger charge is 2.70. The van der Waals surface area contributed by atoms with Crippen LogP contribution in [0.5, 0.6) is 0 Å². The third-order valence-corrected chi connectivity index (χ3v) is 5.60. The number of carbonyl (C=O) groups is 1. The zero-order valence-corrected chi connectivity index (χ0v) is 14.9. The molecule has 3 atom stereocenters. The van der Waals surface area contributed by atoms with Crippen molar-refractivity contribution in [3.63, 3.8) is 0 Å². The van der Waals surface area contributed by atoms with E-state index in [0.717, 1.165) is 25.0 Å². The van der Waals surface area contributed by atoms with Gasteiger partial charge in [-0.2, -0.15) is 0 Å². The van der Waals surface area contributed by atoms with Crippen LogP contribution in [0, 0.1) is 18.3 Å². The van der Waals surface area contributed by atoms with Gasteiger partial charge in [0.05, 0.1) is 6.10 Å². The lowest BCUT2D eigenvalue weighted by molar-refractivity contribution is -0.225. The first-order valence-electron chi connectivity index (χ1n) is 8.11. The smallest absolute Gasteiger partial charge is 0.241 e. The van der Waals surface area contributed by atoms with Crippen LogP contribution < -0.4 is 11.1 Å². The van der Waals surface area contributed by atoms with Crippen molar-refractivity contribution in [1.82, 2.24) is 5.32 Å². The molecule has 1 aliphatic carbocycles. The number of ether oxygens (including phenoxy) is 1. The molecule has 3 unspecified atom stereocenters. The first kappa shape index (κ1) is 18.2. The second kappa shape index (κ2) is 6.42. The summed E-state index contributed by atoms with van der Waals surface area (Å²) in [5, 5.41) is 3.04. The molecule has 5 heteroatoms. The van der Waals surface area contributed by atoms with Gasteiger partial charge in [0.1, 0.15) is 5.54 Å². The normalized spacial score (nSPS) is 31.3. The van der Waals surface area contributed by atoms with Gasteiger partial charge >= 0.3 is 0 Å². The summed E-state index contributed by atoms with van der Waals surface area (Å²) in [5.74, 6) is 0.0829. The Kier molecular flexibility index (Phi) is 5.09. The van der Waals surface area contributed by atoms with Gasteiger partial charge in [0, 0.05) is 24.5 Å². The van der Waals surface area contributed by atoms with Crippen LogP contribution in [-0.4, -0.2) is 24.2 Å². The molecule has 128 valence electrons. The molecule has 0 spiro atoms. The monoisotopic (exact) mass is 338 g/mol. The van der Waals surface area contributed by atoms with Gasteiger partial charge in [-0.3, -0.25) is 4.79 Å². The molecule has 23 heavy (non-hydrogen) atoms. The van der Waals surface area contributed by atoms with Crippen LogP contribution in [-0.2, 0) is 16.1 Å². The topological polar surface area (TPSA) is 64.4 Å². The van der Waals surface area contributed by atoms with Crippen LogP contribution >= 0.6 is 12.4 Å². The third kappa shape index (κ3) is 2.77. The summed E-state index contributed by atoms with van der Waals surface area (Å²) < 4.78 is 5.86. The maximum Gasteiger partial charge on any atom is 0.241 e. The van der Waals surface area contributed by atoms with Gasteiger partial charge in [-0.15, -0.1) is 12.4 Å². The lowest BCUT2D eigenvalue weighted by Gasteiger charge is -2.65. The van der Waals surface area contributed by atoms with E-state index in [1.54, 1.807) is 0 Å².